The SMILES string of the molecule is CCOP(=O)(O)c1cc(C(=O)O)cc(C(=O)O)c1. The Morgan fingerprint density at radius 2 is 1.61 bits per heavy atom. The molecule has 0 bridgehead atoms. The minimum absolute atomic E-state index is 0.0620. The second-order valence-corrected chi connectivity index (χ2v) is 5.13. The standard InChI is InChI=1S/C10H11O7P/c1-2-17-18(15,16)8-4-6(9(11)12)3-7(5-8)10(13)14/h3-5H,2H2,1H3,(H,11,12)(H,13,14)(H,15,16). The Kier molecular flexibility index (Phi) is 4.24. The van der Waals surface area contributed by atoms with E-state index in [0.717, 1.165) is 18.2 Å². The van der Waals surface area contributed by atoms with Gasteiger partial charge in [-0.3, -0.25) is 4.57 Å². The first-order valence-electron chi connectivity index (χ1n) is 4.87. The summed E-state index contributed by atoms with van der Waals surface area (Å²) in [6.45, 7) is 1.43. The van der Waals surface area contributed by atoms with Gasteiger partial charge in [0.1, 0.15) is 0 Å². The fourth-order valence-corrected chi connectivity index (χ4v) is 2.37. The van der Waals surface area contributed by atoms with Crippen LogP contribution in [0.3, 0.4) is 0 Å². The van der Waals surface area contributed by atoms with Crippen LogP contribution in [0.15, 0.2) is 18.2 Å². The van der Waals surface area contributed by atoms with Crippen molar-refractivity contribution >= 4 is 24.8 Å². The van der Waals surface area contributed by atoms with E-state index in [1.807, 2.05) is 0 Å². The van der Waals surface area contributed by atoms with Gasteiger partial charge < -0.3 is 19.6 Å². The Hall–Kier alpha value is -1.69. The number of aromatic carboxylic acids is 2. The third-order valence-corrected chi connectivity index (χ3v) is 3.56. The normalized spacial score (nSPS) is 13.9. The summed E-state index contributed by atoms with van der Waals surface area (Å²) in [5.41, 5.74) is -0.780. The highest BCUT2D eigenvalue weighted by Crippen LogP contribution is 2.40. The van der Waals surface area contributed by atoms with Crippen LogP contribution in [0.5, 0.6) is 0 Å². The van der Waals surface area contributed by atoms with Crippen LogP contribution in [0.4, 0.5) is 0 Å². The van der Waals surface area contributed by atoms with Crippen LogP contribution in [0.25, 0.3) is 0 Å². The monoisotopic (exact) mass is 274 g/mol. The van der Waals surface area contributed by atoms with E-state index in [0.29, 0.717) is 0 Å². The molecule has 1 aromatic carbocycles. The first-order chi connectivity index (χ1) is 8.27. The molecule has 7 nitrogen and oxygen atoms in total. The van der Waals surface area contributed by atoms with Crippen LogP contribution in [0, 0.1) is 0 Å². The molecule has 1 atom stereocenters. The molecule has 0 aliphatic heterocycles. The van der Waals surface area contributed by atoms with Crippen molar-refractivity contribution in [1.82, 2.24) is 0 Å². The lowest BCUT2D eigenvalue weighted by Gasteiger charge is -2.12. The van der Waals surface area contributed by atoms with Crippen molar-refractivity contribution in [2.24, 2.45) is 0 Å². The van der Waals surface area contributed by atoms with E-state index in [9.17, 15) is 19.0 Å². The molecule has 0 fully saturated rings. The van der Waals surface area contributed by atoms with Crippen molar-refractivity contribution in [3.63, 3.8) is 0 Å². The number of hydrogen-bond donors (Lipinski definition) is 3. The molecule has 98 valence electrons. The van der Waals surface area contributed by atoms with E-state index in [4.69, 9.17) is 10.2 Å². The maximum Gasteiger partial charge on any atom is 0.358 e. The Balaban J connectivity index is 3.40. The van der Waals surface area contributed by atoms with Crippen LogP contribution in [0.2, 0.25) is 0 Å². The molecular formula is C10H11O7P. The van der Waals surface area contributed by atoms with Crippen molar-refractivity contribution in [2.45, 2.75) is 6.92 Å². The van der Waals surface area contributed by atoms with Gasteiger partial charge in [0.25, 0.3) is 0 Å². The van der Waals surface area contributed by atoms with Gasteiger partial charge in [-0.05, 0) is 25.1 Å². The van der Waals surface area contributed by atoms with E-state index < -0.39 is 19.5 Å². The summed E-state index contributed by atoms with van der Waals surface area (Å²) in [7, 11) is -4.20. The van der Waals surface area contributed by atoms with Crippen molar-refractivity contribution in [3.05, 3.63) is 29.3 Å². The fraction of sp³-hybridized carbons (Fsp3) is 0.200. The molecule has 1 rings (SSSR count). The zero-order chi connectivity index (χ0) is 13.9. The molecule has 0 aliphatic carbocycles. The van der Waals surface area contributed by atoms with Crippen molar-refractivity contribution in [2.75, 3.05) is 6.61 Å². The first-order valence-corrected chi connectivity index (χ1v) is 6.45. The second kappa shape index (κ2) is 5.30. The molecular weight excluding hydrogens is 263 g/mol. The summed E-state index contributed by atoms with van der Waals surface area (Å²) in [6.07, 6.45) is 0. The summed E-state index contributed by atoms with van der Waals surface area (Å²) in [4.78, 5) is 31.2. The molecule has 0 heterocycles. The maximum atomic E-state index is 11.7. The Labute approximate surface area is 102 Å². The first kappa shape index (κ1) is 14.4. The number of carbonyl (C=O) groups is 2. The molecule has 1 unspecified atom stereocenters. The van der Waals surface area contributed by atoms with E-state index in [2.05, 4.69) is 4.52 Å². The predicted octanol–water partition coefficient (Wildman–Crippen LogP) is 0.930. The van der Waals surface area contributed by atoms with Crippen LogP contribution < -0.4 is 5.30 Å². The molecule has 8 heteroatoms. The summed E-state index contributed by atoms with van der Waals surface area (Å²) >= 11 is 0. The van der Waals surface area contributed by atoms with Gasteiger partial charge in [0.05, 0.1) is 23.0 Å². The Morgan fingerprint density at radius 3 is 1.94 bits per heavy atom. The van der Waals surface area contributed by atoms with Gasteiger partial charge in [-0.2, -0.15) is 0 Å². The van der Waals surface area contributed by atoms with Crippen LogP contribution in [-0.4, -0.2) is 33.7 Å². The van der Waals surface area contributed by atoms with Gasteiger partial charge in [0.2, 0.25) is 0 Å². The summed E-state index contributed by atoms with van der Waals surface area (Å²) in [5, 5.41) is 17.3. The van der Waals surface area contributed by atoms with E-state index in [1.165, 1.54) is 6.92 Å². The minimum Gasteiger partial charge on any atom is -0.478 e. The number of benzene rings is 1. The largest absolute Gasteiger partial charge is 0.478 e. The molecule has 1 aromatic rings. The van der Waals surface area contributed by atoms with Crippen molar-refractivity contribution < 1.29 is 33.8 Å². The lowest BCUT2D eigenvalue weighted by molar-refractivity contribution is 0.0696. The minimum atomic E-state index is -4.20. The number of rotatable bonds is 5. The van der Waals surface area contributed by atoms with Gasteiger partial charge in [-0.25, -0.2) is 9.59 Å². The van der Waals surface area contributed by atoms with Crippen LogP contribution in [0.1, 0.15) is 27.6 Å². The average molecular weight is 274 g/mol. The smallest absolute Gasteiger partial charge is 0.358 e. The van der Waals surface area contributed by atoms with Gasteiger partial charge >= 0.3 is 19.5 Å². The van der Waals surface area contributed by atoms with Gasteiger partial charge in [-0.1, -0.05) is 0 Å². The maximum absolute atomic E-state index is 11.7. The second-order valence-electron chi connectivity index (χ2n) is 3.32. The highest BCUT2D eigenvalue weighted by molar-refractivity contribution is 7.61. The molecule has 0 aliphatic rings. The fourth-order valence-electron chi connectivity index (χ4n) is 1.27. The van der Waals surface area contributed by atoms with Crippen molar-refractivity contribution in [1.29, 1.82) is 0 Å². The zero-order valence-electron chi connectivity index (χ0n) is 9.36. The van der Waals surface area contributed by atoms with E-state index in [-0.39, 0.29) is 23.0 Å². The van der Waals surface area contributed by atoms with Crippen LogP contribution >= 0.6 is 7.60 Å². The summed E-state index contributed by atoms with van der Waals surface area (Å²) in [6, 6.07) is 2.75. The van der Waals surface area contributed by atoms with E-state index in [1.54, 1.807) is 0 Å². The molecule has 0 saturated heterocycles. The Morgan fingerprint density at radius 1 is 1.17 bits per heavy atom. The highest BCUT2D eigenvalue weighted by atomic mass is 31.2. The molecule has 0 aromatic heterocycles. The molecule has 0 radical (unpaired) electrons. The number of carboxylic acids is 2. The molecule has 3 N–H and O–H groups in total. The van der Waals surface area contributed by atoms with Gasteiger partial charge in [-0.15, -0.1) is 0 Å². The van der Waals surface area contributed by atoms with Crippen molar-refractivity contribution in [3.8, 4) is 0 Å². The third kappa shape index (κ3) is 3.16. The Bertz CT molecular complexity index is 505. The molecule has 18 heavy (non-hydrogen) atoms. The average Bonchev–Trinajstić information content (AvgIpc) is 2.28. The highest BCUT2D eigenvalue weighted by Gasteiger charge is 2.25. The van der Waals surface area contributed by atoms with E-state index >= 15 is 0 Å². The third-order valence-electron chi connectivity index (χ3n) is 2.04. The van der Waals surface area contributed by atoms with Crippen LogP contribution in [-0.2, 0) is 9.09 Å². The molecule has 0 spiro atoms. The number of hydrogen-bond acceptors (Lipinski definition) is 4. The predicted molar refractivity (Wildman–Crippen MR) is 61.4 cm³/mol. The summed E-state index contributed by atoms with van der Waals surface area (Å²) < 4.78 is 16.3. The van der Waals surface area contributed by atoms with Gasteiger partial charge in [0, 0.05) is 0 Å². The molecule has 0 amide bonds. The number of carboxylic acid groups (broad SMARTS) is 2. The summed E-state index contributed by atoms with van der Waals surface area (Å²) in [5.74, 6) is -2.79. The van der Waals surface area contributed by atoms with Gasteiger partial charge in [0.15, 0.2) is 0 Å². The quantitative estimate of drug-likeness (QED) is 0.683. The zero-order valence-corrected chi connectivity index (χ0v) is 10.3. The topological polar surface area (TPSA) is 121 Å². The lowest BCUT2D eigenvalue weighted by Crippen LogP contribution is -2.14. The lowest BCUT2D eigenvalue weighted by atomic mass is 10.1. The molecule has 0 saturated carbocycles.